The minimum atomic E-state index is -0.610. The zero-order valence-electron chi connectivity index (χ0n) is 24.7. The van der Waals surface area contributed by atoms with E-state index >= 15 is 0 Å². The van der Waals surface area contributed by atoms with Crippen molar-refractivity contribution in [1.29, 1.82) is 0 Å². The number of fused-ring (bicyclic) bond motifs is 1. The molecule has 1 N–H and O–H groups in total. The molecule has 2 atom stereocenters. The summed E-state index contributed by atoms with van der Waals surface area (Å²) in [5.74, 6) is 0.151. The van der Waals surface area contributed by atoms with Crippen molar-refractivity contribution < 1.29 is 14.4 Å². The summed E-state index contributed by atoms with van der Waals surface area (Å²) in [6, 6.07) is 29.6. The van der Waals surface area contributed by atoms with E-state index in [1.807, 2.05) is 71.6 Å². The summed E-state index contributed by atoms with van der Waals surface area (Å²) in [5, 5.41) is 6.34. The molecule has 3 aromatic carbocycles. The van der Waals surface area contributed by atoms with Crippen LogP contribution in [-0.2, 0) is 16.1 Å². The Morgan fingerprint density at radius 3 is 2.02 bits per heavy atom. The van der Waals surface area contributed by atoms with Crippen LogP contribution in [0, 0.1) is 5.92 Å². The van der Waals surface area contributed by atoms with E-state index in [4.69, 9.17) is 0 Å². The number of nitrogens with zero attached hydrogens (tertiary/aromatic N) is 4. The normalized spacial score (nSPS) is 19.4. The molecule has 2 fully saturated rings. The maximum atomic E-state index is 14.0. The third-order valence-electron chi connectivity index (χ3n) is 8.22. The Labute approximate surface area is 248 Å². The summed E-state index contributed by atoms with van der Waals surface area (Å²) < 4.78 is 0. The summed E-state index contributed by atoms with van der Waals surface area (Å²) in [6.45, 7) is 5.32. The van der Waals surface area contributed by atoms with Crippen LogP contribution in [0.4, 0.5) is 4.79 Å². The monoisotopic (exact) mass is 567 g/mol. The van der Waals surface area contributed by atoms with Crippen molar-refractivity contribution in [2.45, 2.75) is 51.4 Å². The van der Waals surface area contributed by atoms with Gasteiger partial charge in [-0.2, -0.15) is 0 Å². The molecule has 3 aromatic rings. The zero-order chi connectivity index (χ0) is 29.6. The lowest BCUT2D eigenvalue weighted by Gasteiger charge is -2.54. The number of amides is 4. The largest absolute Gasteiger partial charge is 0.337 e. The van der Waals surface area contributed by atoms with Crippen molar-refractivity contribution in [3.63, 3.8) is 0 Å². The molecule has 0 saturated carbocycles. The fourth-order valence-corrected chi connectivity index (χ4v) is 6.22. The summed E-state index contributed by atoms with van der Waals surface area (Å²) in [6.07, 6.45) is 0.687. The Balaban J connectivity index is 1.40. The van der Waals surface area contributed by atoms with Gasteiger partial charge in [-0.3, -0.25) is 9.59 Å². The Hall–Kier alpha value is -4.17. The molecular weight excluding hydrogens is 526 g/mol. The molecule has 2 aliphatic heterocycles. The van der Waals surface area contributed by atoms with Crippen molar-refractivity contribution in [3.8, 4) is 0 Å². The molecule has 0 aromatic heterocycles. The molecular formula is C34H41N5O3. The Bertz CT molecular complexity index is 1310. The molecule has 0 spiro atoms. The van der Waals surface area contributed by atoms with Crippen molar-refractivity contribution >= 4 is 17.8 Å². The number of carbonyl (C=O) groups is 3. The topological polar surface area (TPSA) is 76.2 Å². The quantitative estimate of drug-likeness (QED) is 0.407. The number of urea groups is 1. The van der Waals surface area contributed by atoms with Crippen molar-refractivity contribution in [1.82, 2.24) is 25.1 Å². The molecule has 0 bridgehead atoms. The van der Waals surface area contributed by atoms with Gasteiger partial charge in [0, 0.05) is 26.1 Å². The minimum Gasteiger partial charge on any atom is -0.337 e. The first-order valence-electron chi connectivity index (χ1n) is 14.9. The lowest BCUT2D eigenvalue weighted by Crippen LogP contribution is -2.76. The Kier molecular flexibility index (Phi) is 9.22. The molecule has 2 aliphatic rings. The number of carbonyl (C=O) groups excluding carboxylic acids is 3. The van der Waals surface area contributed by atoms with Crippen LogP contribution in [0.1, 0.15) is 49.3 Å². The molecule has 0 unspecified atom stereocenters. The van der Waals surface area contributed by atoms with E-state index in [-0.39, 0.29) is 42.8 Å². The first-order valence-corrected chi connectivity index (χ1v) is 14.9. The van der Waals surface area contributed by atoms with E-state index in [1.165, 1.54) is 11.1 Å². The standard InChI is InChI=1S/C34H41N5O3/c1-25(2)21-30-33(41)37(20-19-29(27-15-9-5-10-16-27)28-17-11-6-12-18-28)23-31-38(30)32(40)24-36(3)39(31)34(42)35-22-26-13-7-4-8-14-26/h4-18,25,29-31H,19-24H2,1-3H3,(H,35,42)/t30-,31-/m0/s1. The highest BCUT2D eigenvalue weighted by Gasteiger charge is 2.50. The number of hydrogen-bond donors (Lipinski definition) is 1. The average molecular weight is 568 g/mol. The Morgan fingerprint density at radius 1 is 0.881 bits per heavy atom. The third-order valence-corrected chi connectivity index (χ3v) is 8.22. The highest BCUT2D eigenvalue weighted by atomic mass is 16.2. The molecule has 0 aliphatic carbocycles. The number of piperazine rings is 1. The molecule has 8 heteroatoms. The summed E-state index contributed by atoms with van der Waals surface area (Å²) in [5.41, 5.74) is 3.38. The number of likely N-dealkylation sites (N-methyl/N-ethyl adjacent to an activating group) is 1. The molecule has 2 heterocycles. The van der Waals surface area contributed by atoms with Crippen molar-refractivity contribution in [2.75, 3.05) is 26.7 Å². The maximum Gasteiger partial charge on any atom is 0.334 e. The van der Waals surface area contributed by atoms with Crippen LogP contribution in [0.25, 0.3) is 0 Å². The van der Waals surface area contributed by atoms with Crippen LogP contribution in [-0.4, -0.2) is 76.6 Å². The van der Waals surface area contributed by atoms with E-state index in [0.717, 1.165) is 12.0 Å². The van der Waals surface area contributed by atoms with Gasteiger partial charge in [0.05, 0.1) is 13.1 Å². The van der Waals surface area contributed by atoms with E-state index in [0.29, 0.717) is 19.5 Å². The van der Waals surface area contributed by atoms with Gasteiger partial charge in [-0.1, -0.05) is 105 Å². The highest BCUT2D eigenvalue weighted by molar-refractivity contribution is 5.91. The summed E-state index contributed by atoms with van der Waals surface area (Å²) in [7, 11) is 1.76. The van der Waals surface area contributed by atoms with E-state index in [2.05, 4.69) is 43.4 Å². The van der Waals surface area contributed by atoms with E-state index in [9.17, 15) is 14.4 Å². The molecule has 0 radical (unpaired) electrons. The van der Waals surface area contributed by atoms with Crippen LogP contribution < -0.4 is 5.32 Å². The fourth-order valence-electron chi connectivity index (χ4n) is 6.22. The molecule has 4 amide bonds. The third kappa shape index (κ3) is 6.49. The molecule has 220 valence electrons. The zero-order valence-corrected chi connectivity index (χ0v) is 24.7. The van der Waals surface area contributed by atoms with Gasteiger partial charge >= 0.3 is 6.03 Å². The Morgan fingerprint density at radius 2 is 1.45 bits per heavy atom. The van der Waals surface area contributed by atoms with Crippen LogP contribution in [0.5, 0.6) is 0 Å². The summed E-state index contributed by atoms with van der Waals surface area (Å²) >= 11 is 0. The number of nitrogens with one attached hydrogen (secondary N) is 1. The maximum absolute atomic E-state index is 14.0. The fraction of sp³-hybridized carbons (Fsp3) is 0.382. The first kappa shape index (κ1) is 29.3. The molecule has 2 saturated heterocycles. The first-order chi connectivity index (χ1) is 20.3. The van der Waals surface area contributed by atoms with Crippen LogP contribution >= 0.6 is 0 Å². The van der Waals surface area contributed by atoms with Crippen molar-refractivity contribution in [2.24, 2.45) is 5.92 Å². The smallest absolute Gasteiger partial charge is 0.334 e. The SMILES string of the molecule is CC(C)C[C@H]1C(=O)N(CCC(c2ccccc2)c2ccccc2)C[C@H]2N1C(=O)CN(C)N2C(=O)NCc1ccccc1. The minimum absolute atomic E-state index is 0.0395. The lowest BCUT2D eigenvalue weighted by atomic mass is 9.88. The van der Waals surface area contributed by atoms with Crippen LogP contribution in [0.15, 0.2) is 91.0 Å². The second-order valence-corrected chi connectivity index (χ2v) is 11.7. The number of hydrazine groups is 1. The summed E-state index contributed by atoms with van der Waals surface area (Å²) in [4.78, 5) is 44.6. The number of benzene rings is 3. The number of hydrogen-bond acceptors (Lipinski definition) is 4. The van der Waals surface area contributed by atoms with Gasteiger partial charge in [0.2, 0.25) is 11.8 Å². The van der Waals surface area contributed by atoms with E-state index < -0.39 is 12.2 Å². The average Bonchev–Trinajstić information content (AvgIpc) is 2.99. The second kappa shape index (κ2) is 13.2. The van der Waals surface area contributed by atoms with Gasteiger partial charge in [-0.25, -0.2) is 14.8 Å². The van der Waals surface area contributed by atoms with Crippen molar-refractivity contribution in [3.05, 3.63) is 108 Å². The van der Waals surface area contributed by atoms with Gasteiger partial charge in [0.25, 0.3) is 0 Å². The van der Waals surface area contributed by atoms with Crippen LogP contribution in [0.2, 0.25) is 0 Å². The van der Waals surface area contributed by atoms with E-state index in [1.54, 1.807) is 22.0 Å². The predicted molar refractivity (Wildman–Crippen MR) is 163 cm³/mol. The van der Waals surface area contributed by atoms with Crippen LogP contribution in [0.3, 0.4) is 0 Å². The lowest BCUT2D eigenvalue weighted by molar-refractivity contribution is -0.188. The molecule has 42 heavy (non-hydrogen) atoms. The van der Waals surface area contributed by atoms with Gasteiger partial charge in [0.15, 0.2) is 0 Å². The number of rotatable bonds is 9. The van der Waals surface area contributed by atoms with Gasteiger partial charge in [0.1, 0.15) is 12.2 Å². The highest BCUT2D eigenvalue weighted by Crippen LogP contribution is 2.32. The van der Waals surface area contributed by atoms with Gasteiger partial charge < -0.3 is 15.1 Å². The molecule has 8 nitrogen and oxygen atoms in total. The van der Waals surface area contributed by atoms with Gasteiger partial charge in [-0.05, 0) is 35.4 Å². The predicted octanol–water partition coefficient (Wildman–Crippen LogP) is 4.69. The van der Waals surface area contributed by atoms with Gasteiger partial charge in [-0.15, -0.1) is 0 Å². The second-order valence-electron chi connectivity index (χ2n) is 11.7. The molecule has 5 rings (SSSR count).